The fourth-order valence-electron chi connectivity index (χ4n) is 3.35. The van der Waals surface area contributed by atoms with Crippen LogP contribution in [0.25, 0.3) is 21.5 Å². The fraction of sp³-hybridized carbons (Fsp3) is 0.0833. The lowest BCUT2D eigenvalue weighted by molar-refractivity contribution is -0.119. The van der Waals surface area contributed by atoms with Gasteiger partial charge in [-0.25, -0.2) is 4.79 Å². The lowest BCUT2D eigenvalue weighted by atomic mass is 9.97. The van der Waals surface area contributed by atoms with Crippen LogP contribution >= 0.6 is 11.6 Å². The van der Waals surface area contributed by atoms with Gasteiger partial charge in [-0.3, -0.25) is 4.79 Å². The molecule has 4 rings (SSSR count). The molecule has 0 aliphatic carbocycles. The number of aryl methyl sites for hydroxylation is 1. The Morgan fingerprint density at radius 1 is 0.897 bits per heavy atom. The van der Waals surface area contributed by atoms with Crippen molar-refractivity contribution in [3.05, 3.63) is 88.9 Å². The predicted molar refractivity (Wildman–Crippen MR) is 117 cm³/mol. The highest BCUT2D eigenvalue weighted by molar-refractivity contribution is 6.31. The summed E-state index contributed by atoms with van der Waals surface area (Å²) < 4.78 is 5.36. The summed E-state index contributed by atoms with van der Waals surface area (Å²) >= 11 is 5.98. The van der Waals surface area contributed by atoms with E-state index in [0.29, 0.717) is 16.3 Å². The highest BCUT2D eigenvalue weighted by Crippen LogP contribution is 2.29. The summed E-state index contributed by atoms with van der Waals surface area (Å²) in [6.45, 7) is 1.47. The Balaban J connectivity index is 1.59. The van der Waals surface area contributed by atoms with Crippen LogP contribution in [0.15, 0.2) is 72.8 Å². The first-order valence-electron chi connectivity index (χ1n) is 9.16. The molecule has 0 radical (unpaired) electrons. The van der Waals surface area contributed by atoms with Crippen LogP contribution in [-0.2, 0) is 9.53 Å². The molecule has 4 aromatic carbocycles. The van der Waals surface area contributed by atoms with Crippen LogP contribution in [0.4, 0.5) is 5.69 Å². The first-order valence-corrected chi connectivity index (χ1v) is 9.54. The molecule has 0 aliphatic heterocycles. The van der Waals surface area contributed by atoms with Gasteiger partial charge in [0.1, 0.15) is 0 Å². The molecule has 0 atom stereocenters. The molecule has 0 aromatic heterocycles. The van der Waals surface area contributed by atoms with E-state index >= 15 is 0 Å². The third-order valence-electron chi connectivity index (χ3n) is 4.78. The molecule has 0 aliphatic rings. The van der Waals surface area contributed by atoms with Crippen LogP contribution in [0.2, 0.25) is 5.02 Å². The molecule has 5 heteroatoms. The summed E-state index contributed by atoms with van der Waals surface area (Å²) in [5.74, 6) is -0.954. The third-order valence-corrected chi connectivity index (χ3v) is 5.02. The molecule has 4 aromatic rings. The van der Waals surface area contributed by atoms with Crippen molar-refractivity contribution in [3.8, 4) is 0 Å². The monoisotopic (exact) mass is 403 g/mol. The van der Waals surface area contributed by atoms with Crippen molar-refractivity contribution in [2.24, 2.45) is 0 Å². The Labute approximate surface area is 173 Å². The molecule has 0 unspecified atom stereocenters. The van der Waals surface area contributed by atoms with Crippen LogP contribution in [0.1, 0.15) is 15.9 Å². The molecule has 1 amide bonds. The highest BCUT2D eigenvalue weighted by Gasteiger charge is 2.17. The summed E-state index contributed by atoms with van der Waals surface area (Å²) in [5.41, 5.74) is 1.92. The first-order chi connectivity index (χ1) is 14.0. The number of anilines is 1. The van der Waals surface area contributed by atoms with E-state index in [1.807, 2.05) is 67.6 Å². The Morgan fingerprint density at radius 2 is 1.52 bits per heavy atom. The van der Waals surface area contributed by atoms with Gasteiger partial charge in [-0.1, -0.05) is 66.2 Å². The van der Waals surface area contributed by atoms with Crippen LogP contribution in [0.5, 0.6) is 0 Å². The van der Waals surface area contributed by atoms with Crippen LogP contribution in [-0.4, -0.2) is 18.5 Å². The number of halogens is 1. The van der Waals surface area contributed by atoms with Crippen molar-refractivity contribution in [3.63, 3.8) is 0 Å². The summed E-state index contributed by atoms with van der Waals surface area (Å²) in [6, 6.07) is 22.5. The number of carbonyl (C=O) groups excluding carboxylic acids is 2. The Morgan fingerprint density at radius 3 is 2.17 bits per heavy atom. The molecule has 0 heterocycles. The maximum atomic E-state index is 12.9. The number of hydrogen-bond donors (Lipinski definition) is 1. The quantitative estimate of drug-likeness (QED) is 0.348. The van der Waals surface area contributed by atoms with Gasteiger partial charge >= 0.3 is 5.97 Å². The summed E-state index contributed by atoms with van der Waals surface area (Å²) in [4.78, 5) is 25.2. The normalized spacial score (nSPS) is 10.8. The van der Waals surface area contributed by atoms with E-state index in [0.717, 1.165) is 27.1 Å². The minimum absolute atomic E-state index is 0.387. The van der Waals surface area contributed by atoms with E-state index in [1.165, 1.54) is 0 Å². The van der Waals surface area contributed by atoms with Gasteiger partial charge in [0.05, 0.1) is 5.56 Å². The molecule has 1 N–H and O–H groups in total. The number of ether oxygens (including phenoxy) is 1. The topological polar surface area (TPSA) is 55.4 Å². The van der Waals surface area contributed by atoms with Crippen molar-refractivity contribution in [2.75, 3.05) is 11.9 Å². The summed E-state index contributed by atoms with van der Waals surface area (Å²) in [6.07, 6.45) is 0. The molecule has 0 saturated heterocycles. The number of esters is 1. The van der Waals surface area contributed by atoms with Crippen LogP contribution < -0.4 is 5.32 Å². The van der Waals surface area contributed by atoms with Gasteiger partial charge < -0.3 is 10.1 Å². The number of amides is 1. The van der Waals surface area contributed by atoms with Crippen molar-refractivity contribution in [1.29, 1.82) is 0 Å². The molecule has 29 heavy (non-hydrogen) atoms. The zero-order chi connectivity index (χ0) is 20.4. The SMILES string of the molecule is Cc1ccc(Cl)cc1NC(=O)COC(=O)c1c2ccccc2cc2ccccc12. The average Bonchev–Trinajstić information content (AvgIpc) is 2.73. The molecular weight excluding hydrogens is 386 g/mol. The van der Waals surface area contributed by atoms with Crippen molar-refractivity contribution in [2.45, 2.75) is 6.92 Å². The van der Waals surface area contributed by atoms with Crippen LogP contribution in [0, 0.1) is 6.92 Å². The zero-order valence-corrected chi connectivity index (χ0v) is 16.5. The predicted octanol–water partition coefficient (Wildman–Crippen LogP) is 5.75. The van der Waals surface area contributed by atoms with Gasteiger partial charge in [-0.05, 0) is 52.2 Å². The number of benzene rings is 4. The van der Waals surface area contributed by atoms with Gasteiger partial charge in [-0.15, -0.1) is 0 Å². The van der Waals surface area contributed by atoms with E-state index < -0.39 is 11.9 Å². The van der Waals surface area contributed by atoms with E-state index in [2.05, 4.69) is 5.32 Å². The average molecular weight is 404 g/mol. The molecule has 0 bridgehead atoms. The summed E-state index contributed by atoms with van der Waals surface area (Å²) in [7, 11) is 0. The lowest BCUT2D eigenvalue weighted by Gasteiger charge is -2.12. The fourth-order valence-corrected chi connectivity index (χ4v) is 3.52. The van der Waals surface area contributed by atoms with E-state index in [-0.39, 0.29) is 6.61 Å². The maximum absolute atomic E-state index is 12.9. The van der Waals surface area contributed by atoms with Gasteiger partial charge in [0, 0.05) is 10.7 Å². The molecular formula is C24H18ClNO3. The highest BCUT2D eigenvalue weighted by atomic mass is 35.5. The Bertz CT molecular complexity index is 1200. The second-order valence-corrected chi connectivity index (χ2v) is 7.21. The van der Waals surface area contributed by atoms with Crippen molar-refractivity contribution >= 4 is 50.7 Å². The lowest BCUT2D eigenvalue weighted by Crippen LogP contribution is -2.21. The maximum Gasteiger partial charge on any atom is 0.339 e. The van der Waals surface area contributed by atoms with E-state index in [4.69, 9.17) is 16.3 Å². The standard InChI is InChI=1S/C24H18ClNO3/c1-15-10-11-18(25)13-21(15)26-22(27)14-29-24(28)23-19-8-4-2-6-16(19)12-17-7-3-5-9-20(17)23/h2-13H,14H2,1H3,(H,26,27). The molecule has 144 valence electrons. The van der Waals surface area contributed by atoms with Crippen molar-refractivity contribution in [1.82, 2.24) is 0 Å². The molecule has 0 spiro atoms. The Kier molecular flexibility index (Phi) is 5.19. The number of rotatable bonds is 4. The minimum atomic E-state index is -0.532. The van der Waals surface area contributed by atoms with Crippen LogP contribution in [0.3, 0.4) is 0 Å². The first kappa shape index (κ1) is 19.0. The minimum Gasteiger partial charge on any atom is -0.452 e. The number of hydrogen-bond acceptors (Lipinski definition) is 3. The molecule has 0 saturated carbocycles. The zero-order valence-electron chi connectivity index (χ0n) is 15.7. The largest absolute Gasteiger partial charge is 0.452 e. The third kappa shape index (κ3) is 3.93. The molecule has 0 fully saturated rings. The number of fused-ring (bicyclic) bond motifs is 2. The second-order valence-electron chi connectivity index (χ2n) is 6.78. The number of carbonyl (C=O) groups is 2. The van der Waals surface area contributed by atoms with Crippen molar-refractivity contribution < 1.29 is 14.3 Å². The van der Waals surface area contributed by atoms with E-state index in [1.54, 1.807) is 12.1 Å². The second kappa shape index (κ2) is 7.94. The molecule has 4 nitrogen and oxygen atoms in total. The van der Waals surface area contributed by atoms with Gasteiger partial charge in [0.15, 0.2) is 6.61 Å². The van der Waals surface area contributed by atoms with E-state index in [9.17, 15) is 9.59 Å². The Hall–Kier alpha value is -3.37. The van der Waals surface area contributed by atoms with Gasteiger partial charge in [0.25, 0.3) is 5.91 Å². The van der Waals surface area contributed by atoms with Gasteiger partial charge in [-0.2, -0.15) is 0 Å². The summed E-state index contributed by atoms with van der Waals surface area (Å²) in [5, 5.41) is 6.72. The number of nitrogens with one attached hydrogen (secondary N) is 1. The van der Waals surface area contributed by atoms with Gasteiger partial charge in [0.2, 0.25) is 0 Å². The smallest absolute Gasteiger partial charge is 0.339 e.